The van der Waals surface area contributed by atoms with Crippen molar-refractivity contribution < 1.29 is 4.79 Å². The van der Waals surface area contributed by atoms with Crippen LogP contribution in [-0.4, -0.2) is 75.7 Å². The summed E-state index contributed by atoms with van der Waals surface area (Å²) in [7, 11) is 0. The Morgan fingerprint density at radius 2 is 2.03 bits per heavy atom. The molecule has 29 heavy (non-hydrogen) atoms. The molecule has 1 aliphatic rings. The van der Waals surface area contributed by atoms with Gasteiger partial charge >= 0.3 is 0 Å². The number of carbonyl (C=O) groups is 1. The van der Waals surface area contributed by atoms with Gasteiger partial charge in [0.05, 0.1) is 0 Å². The van der Waals surface area contributed by atoms with Crippen LogP contribution in [0.5, 0.6) is 0 Å². The molecule has 2 aromatic heterocycles. The lowest BCUT2D eigenvalue weighted by Crippen LogP contribution is -2.53. The van der Waals surface area contributed by atoms with Gasteiger partial charge in [-0.2, -0.15) is 0 Å². The van der Waals surface area contributed by atoms with Gasteiger partial charge < -0.3 is 19.7 Å². The lowest BCUT2D eigenvalue weighted by molar-refractivity contribution is -0.130. The van der Waals surface area contributed by atoms with Crippen molar-refractivity contribution in [3.63, 3.8) is 0 Å². The molecular formula is C19H30IN7OS. The Morgan fingerprint density at radius 1 is 1.28 bits per heavy atom. The lowest BCUT2D eigenvalue weighted by atomic mass is 10.3. The largest absolute Gasteiger partial charge is 0.354 e. The number of halogens is 1. The molecule has 3 rings (SSSR count). The van der Waals surface area contributed by atoms with Gasteiger partial charge in [0, 0.05) is 70.5 Å². The second-order valence-electron chi connectivity index (χ2n) is 6.75. The normalized spacial score (nSPS) is 14.6. The highest BCUT2D eigenvalue weighted by Gasteiger charge is 2.21. The predicted octanol–water partition coefficient (Wildman–Crippen LogP) is 1.87. The van der Waals surface area contributed by atoms with Gasteiger partial charge in [0.15, 0.2) is 5.96 Å². The first kappa shape index (κ1) is 23.6. The number of hydrogen-bond acceptors (Lipinski definition) is 5. The Bertz CT molecular complexity index is 769. The number of aliphatic imine (C=N–C) groups is 1. The minimum atomic E-state index is 0. The van der Waals surface area contributed by atoms with E-state index in [-0.39, 0.29) is 29.9 Å². The number of nitrogens with zero attached hydrogens (tertiary/aromatic N) is 6. The van der Waals surface area contributed by atoms with Crippen molar-refractivity contribution in [2.45, 2.75) is 33.2 Å². The van der Waals surface area contributed by atoms with Gasteiger partial charge in [0.1, 0.15) is 12.2 Å². The molecule has 0 atom stereocenters. The van der Waals surface area contributed by atoms with E-state index in [4.69, 9.17) is 4.99 Å². The summed E-state index contributed by atoms with van der Waals surface area (Å²) in [6.45, 7) is 9.12. The van der Waals surface area contributed by atoms with Crippen LogP contribution < -0.4 is 5.32 Å². The van der Waals surface area contributed by atoms with Gasteiger partial charge in [-0.3, -0.25) is 9.79 Å². The summed E-state index contributed by atoms with van der Waals surface area (Å²) in [5.74, 6) is 2.06. The first-order valence-electron chi connectivity index (χ1n) is 9.85. The molecule has 8 nitrogen and oxygen atoms in total. The fourth-order valence-electron chi connectivity index (χ4n) is 3.26. The molecule has 1 aliphatic heterocycles. The smallest absolute Gasteiger partial charge is 0.219 e. The maximum absolute atomic E-state index is 11.6. The van der Waals surface area contributed by atoms with Crippen molar-refractivity contribution in [3.8, 4) is 0 Å². The maximum Gasteiger partial charge on any atom is 0.219 e. The standard InChI is InChI=1S/C19H29N7OS.HI/c1-3-18-23-22-15-26(18)9-8-21-19(20-7-6-17-5-4-14-28-17)25-12-10-24(11-13-25)16(2)27;/h4-5,14-15H,3,6-13H2,1-2H3,(H,20,21);1H. The van der Waals surface area contributed by atoms with Crippen molar-refractivity contribution in [2.24, 2.45) is 4.99 Å². The molecule has 1 saturated heterocycles. The monoisotopic (exact) mass is 531 g/mol. The van der Waals surface area contributed by atoms with E-state index in [0.717, 1.165) is 70.4 Å². The molecule has 0 aliphatic carbocycles. The number of nitrogens with one attached hydrogen (secondary N) is 1. The van der Waals surface area contributed by atoms with Crippen molar-refractivity contribution in [2.75, 3.05) is 39.3 Å². The first-order valence-corrected chi connectivity index (χ1v) is 10.7. The molecule has 2 aromatic rings. The molecule has 1 fully saturated rings. The minimum absolute atomic E-state index is 0. The summed E-state index contributed by atoms with van der Waals surface area (Å²) in [5, 5.41) is 13.7. The molecule has 0 spiro atoms. The number of amides is 1. The van der Waals surface area contributed by atoms with E-state index in [0.29, 0.717) is 0 Å². The second kappa shape index (κ2) is 12.1. The van der Waals surface area contributed by atoms with E-state index in [2.05, 4.69) is 49.4 Å². The van der Waals surface area contributed by atoms with Gasteiger partial charge in [-0.1, -0.05) is 13.0 Å². The van der Waals surface area contributed by atoms with Crippen molar-refractivity contribution in [3.05, 3.63) is 34.5 Å². The fraction of sp³-hybridized carbons (Fsp3) is 0.579. The first-order chi connectivity index (χ1) is 13.7. The molecule has 0 bridgehead atoms. The predicted molar refractivity (Wildman–Crippen MR) is 127 cm³/mol. The third-order valence-corrected chi connectivity index (χ3v) is 5.81. The van der Waals surface area contributed by atoms with Crippen LogP contribution in [0, 0.1) is 0 Å². The van der Waals surface area contributed by atoms with Crippen LogP contribution in [0.1, 0.15) is 24.5 Å². The van der Waals surface area contributed by atoms with Gasteiger partial charge in [-0.25, -0.2) is 0 Å². The average molecular weight is 531 g/mol. The third-order valence-electron chi connectivity index (χ3n) is 4.87. The molecule has 0 aromatic carbocycles. The van der Waals surface area contributed by atoms with E-state index in [1.54, 1.807) is 24.6 Å². The summed E-state index contributed by atoms with van der Waals surface area (Å²) in [5.41, 5.74) is 0. The highest BCUT2D eigenvalue weighted by atomic mass is 127. The van der Waals surface area contributed by atoms with Gasteiger partial charge in [0.25, 0.3) is 0 Å². The third kappa shape index (κ3) is 6.95. The SMILES string of the molecule is CCc1nncn1CCNC(=NCCc1cccs1)N1CCN(C(C)=O)CC1.I. The number of piperazine rings is 1. The van der Waals surface area contributed by atoms with Crippen LogP contribution in [0.3, 0.4) is 0 Å². The quantitative estimate of drug-likeness (QED) is 0.336. The van der Waals surface area contributed by atoms with Crippen LogP contribution in [0.2, 0.25) is 0 Å². The highest BCUT2D eigenvalue weighted by molar-refractivity contribution is 14.0. The topological polar surface area (TPSA) is 78.7 Å². The molecule has 0 radical (unpaired) electrons. The number of carbonyl (C=O) groups excluding carboxylic acids is 1. The molecule has 0 saturated carbocycles. The number of guanidine groups is 1. The van der Waals surface area contributed by atoms with Crippen molar-refractivity contribution >= 4 is 47.2 Å². The van der Waals surface area contributed by atoms with E-state index >= 15 is 0 Å². The van der Waals surface area contributed by atoms with Gasteiger partial charge in [-0.15, -0.1) is 45.5 Å². The van der Waals surface area contributed by atoms with Gasteiger partial charge in [0.2, 0.25) is 5.91 Å². The van der Waals surface area contributed by atoms with E-state index < -0.39 is 0 Å². The summed E-state index contributed by atoms with van der Waals surface area (Å²) < 4.78 is 2.07. The van der Waals surface area contributed by atoms with Crippen LogP contribution in [-0.2, 0) is 24.2 Å². The summed E-state index contributed by atoms with van der Waals surface area (Å²) in [6.07, 6.45) is 3.59. The Kier molecular flexibility index (Phi) is 9.85. The average Bonchev–Trinajstić information content (AvgIpc) is 3.38. The Labute approximate surface area is 193 Å². The highest BCUT2D eigenvalue weighted by Crippen LogP contribution is 2.09. The molecule has 160 valence electrons. The molecule has 0 unspecified atom stereocenters. The molecule has 1 N–H and O–H groups in total. The van der Waals surface area contributed by atoms with E-state index in [1.165, 1.54) is 4.88 Å². The molecule has 10 heteroatoms. The molecule has 1 amide bonds. The summed E-state index contributed by atoms with van der Waals surface area (Å²) >= 11 is 1.77. The van der Waals surface area contributed by atoms with Gasteiger partial charge in [-0.05, 0) is 11.4 Å². The Balaban J connectivity index is 0.00000300. The van der Waals surface area contributed by atoms with Crippen LogP contribution in [0.4, 0.5) is 0 Å². The maximum atomic E-state index is 11.6. The number of aryl methyl sites for hydroxylation is 1. The number of aromatic nitrogens is 3. The number of rotatable bonds is 7. The summed E-state index contributed by atoms with van der Waals surface area (Å²) in [6, 6.07) is 4.23. The number of hydrogen-bond donors (Lipinski definition) is 1. The fourth-order valence-corrected chi connectivity index (χ4v) is 3.95. The zero-order valence-corrected chi connectivity index (χ0v) is 20.2. The molecular weight excluding hydrogens is 501 g/mol. The zero-order chi connectivity index (χ0) is 19.8. The van der Waals surface area contributed by atoms with Crippen molar-refractivity contribution in [1.82, 2.24) is 29.9 Å². The lowest BCUT2D eigenvalue weighted by Gasteiger charge is -2.36. The van der Waals surface area contributed by atoms with Crippen LogP contribution >= 0.6 is 35.3 Å². The minimum Gasteiger partial charge on any atom is -0.354 e. The number of thiophene rings is 1. The van der Waals surface area contributed by atoms with Crippen LogP contribution in [0.15, 0.2) is 28.8 Å². The van der Waals surface area contributed by atoms with Crippen LogP contribution in [0.25, 0.3) is 0 Å². The summed E-state index contributed by atoms with van der Waals surface area (Å²) in [4.78, 5) is 21.9. The zero-order valence-electron chi connectivity index (χ0n) is 17.1. The second-order valence-corrected chi connectivity index (χ2v) is 7.78. The Hall–Kier alpha value is -1.69. The molecule has 3 heterocycles. The van der Waals surface area contributed by atoms with E-state index in [9.17, 15) is 4.79 Å². The Morgan fingerprint density at radius 3 is 2.69 bits per heavy atom. The van der Waals surface area contributed by atoms with Crippen molar-refractivity contribution in [1.29, 1.82) is 0 Å². The van der Waals surface area contributed by atoms with E-state index in [1.807, 2.05) is 4.90 Å².